The molecule has 4 heteroatoms. The van der Waals surface area contributed by atoms with E-state index in [0.717, 1.165) is 18.9 Å². The molecule has 0 bridgehead atoms. The van der Waals surface area contributed by atoms with Gasteiger partial charge in [0.1, 0.15) is 0 Å². The highest BCUT2D eigenvalue weighted by atomic mass is 28.4. The fraction of sp³-hybridized carbons (Fsp3) is 0.391. The van der Waals surface area contributed by atoms with Crippen LogP contribution in [0.2, 0.25) is 6.04 Å². The Bertz CT molecular complexity index is 861. The van der Waals surface area contributed by atoms with Crippen LogP contribution >= 0.6 is 0 Å². The minimum atomic E-state index is -2.57. The molecular weight excluding hydrogens is 352 g/mol. The van der Waals surface area contributed by atoms with Gasteiger partial charge in [0.05, 0.1) is 0 Å². The second kappa shape index (κ2) is 9.47. The molecule has 0 spiro atoms. The largest absolute Gasteiger partial charge is 0.500 e. The molecule has 0 saturated carbocycles. The van der Waals surface area contributed by atoms with Gasteiger partial charge in [0.2, 0.25) is 0 Å². The van der Waals surface area contributed by atoms with Gasteiger partial charge in [-0.25, -0.2) is 0 Å². The zero-order valence-corrected chi connectivity index (χ0v) is 17.7. The summed E-state index contributed by atoms with van der Waals surface area (Å²) in [5, 5.41) is 5.29. The lowest BCUT2D eigenvalue weighted by molar-refractivity contribution is 0.0708. The van der Waals surface area contributed by atoms with Crippen molar-refractivity contribution in [3.8, 4) is 0 Å². The highest BCUT2D eigenvalue weighted by Gasteiger charge is 2.39. The molecule has 0 fully saturated rings. The van der Waals surface area contributed by atoms with E-state index >= 15 is 0 Å². The van der Waals surface area contributed by atoms with Crippen molar-refractivity contribution < 1.29 is 13.3 Å². The van der Waals surface area contributed by atoms with Crippen molar-refractivity contribution in [3.05, 3.63) is 60.2 Å². The van der Waals surface area contributed by atoms with Crippen molar-refractivity contribution in [2.45, 2.75) is 39.7 Å². The molecule has 0 aliphatic heterocycles. The Morgan fingerprint density at radius 1 is 0.704 bits per heavy atom. The summed E-state index contributed by atoms with van der Waals surface area (Å²) in [6.45, 7) is 7.92. The Balaban J connectivity index is 1.85. The third kappa shape index (κ3) is 4.58. The first-order valence-corrected chi connectivity index (χ1v) is 12.0. The van der Waals surface area contributed by atoms with Gasteiger partial charge in [-0.3, -0.25) is 0 Å². The first kappa shape index (κ1) is 20.0. The van der Waals surface area contributed by atoms with Gasteiger partial charge in [0.25, 0.3) is 0 Å². The molecule has 0 radical (unpaired) electrons. The molecule has 0 aliphatic rings. The van der Waals surface area contributed by atoms with Crippen LogP contribution in [-0.2, 0) is 19.7 Å². The topological polar surface area (TPSA) is 27.7 Å². The first-order chi connectivity index (χ1) is 13.2. The summed E-state index contributed by atoms with van der Waals surface area (Å²) in [4.78, 5) is 0. The van der Waals surface area contributed by atoms with E-state index in [9.17, 15) is 0 Å². The molecule has 0 amide bonds. The van der Waals surface area contributed by atoms with Crippen LogP contribution in [0.15, 0.2) is 54.6 Å². The third-order valence-corrected chi connectivity index (χ3v) is 8.03. The Hall–Kier alpha value is -1.72. The van der Waals surface area contributed by atoms with E-state index in [1.807, 2.05) is 20.8 Å². The summed E-state index contributed by atoms with van der Waals surface area (Å²) in [6.07, 6.45) is 1.99. The molecule has 144 valence electrons. The number of benzene rings is 3. The van der Waals surface area contributed by atoms with Gasteiger partial charge in [-0.2, -0.15) is 0 Å². The molecule has 0 atom stereocenters. The quantitative estimate of drug-likeness (QED) is 0.319. The van der Waals surface area contributed by atoms with E-state index in [1.54, 1.807) is 0 Å². The molecule has 0 aliphatic carbocycles. The van der Waals surface area contributed by atoms with Crippen LogP contribution in [0.3, 0.4) is 0 Å². The summed E-state index contributed by atoms with van der Waals surface area (Å²) in [5.41, 5.74) is 1.39. The van der Waals surface area contributed by atoms with Crippen LogP contribution in [0.5, 0.6) is 0 Å². The van der Waals surface area contributed by atoms with Crippen molar-refractivity contribution in [2.24, 2.45) is 0 Å². The van der Waals surface area contributed by atoms with E-state index < -0.39 is 8.80 Å². The SMILES string of the molecule is CCO[Si](CCCc1cc2ccccc2c2ccccc12)(OCC)OCC. The molecule has 3 aromatic rings. The van der Waals surface area contributed by atoms with Crippen molar-refractivity contribution in [3.63, 3.8) is 0 Å². The average Bonchev–Trinajstić information content (AvgIpc) is 2.69. The number of rotatable bonds is 10. The van der Waals surface area contributed by atoms with E-state index in [-0.39, 0.29) is 0 Å². The van der Waals surface area contributed by atoms with Crippen LogP contribution in [0.1, 0.15) is 32.8 Å². The minimum Gasteiger partial charge on any atom is -0.374 e. The zero-order chi connectivity index (χ0) is 19.1. The Morgan fingerprint density at radius 2 is 1.26 bits per heavy atom. The standard InChI is InChI=1S/C23H30O3Si/c1-4-24-27(25-5-2,26-6-3)17-11-13-20-18-19-12-7-8-14-21(19)23-16-10-9-15-22(20)23/h7-10,12,14-16,18H,4-6,11,13,17H2,1-3H3. The molecule has 27 heavy (non-hydrogen) atoms. The van der Waals surface area contributed by atoms with Gasteiger partial charge in [-0.05, 0) is 60.7 Å². The van der Waals surface area contributed by atoms with Crippen LogP contribution in [0.25, 0.3) is 21.5 Å². The van der Waals surface area contributed by atoms with E-state index in [1.165, 1.54) is 27.1 Å². The Morgan fingerprint density at radius 3 is 1.89 bits per heavy atom. The predicted octanol–water partition coefficient (Wildman–Crippen LogP) is 5.97. The van der Waals surface area contributed by atoms with Crippen LogP contribution in [0.4, 0.5) is 0 Å². The minimum absolute atomic E-state index is 0.630. The molecule has 0 N–H and O–H groups in total. The molecular formula is C23H30O3Si. The second-order valence-electron chi connectivity index (χ2n) is 6.64. The smallest absolute Gasteiger partial charge is 0.374 e. The summed E-state index contributed by atoms with van der Waals surface area (Å²) in [5.74, 6) is 0. The van der Waals surface area contributed by atoms with Gasteiger partial charge in [-0.1, -0.05) is 54.6 Å². The second-order valence-corrected chi connectivity index (χ2v) is 9.37. The average molecular weight is 383 g/mol. The summed E-state index contributed by atoms with van der Waals surface area (Å²) >= 11 is 0. The monoisotopic (exact) mass is 382 g/mol. The maximum Gasteiger partial charge on any atom is 0.500 e. The first-order valence-electron chi connectivity index (χ1n) is 10.0. The fourth-order valence-electron chi connectivity index (χ4n) is 3.84. The molecule has 0 unspecified atom stereocenters. The molecule has 3 nitrogen and oxygen atoms in total. The fourth-order valence-corrected chi connectivity index (χ4v) is 6.45. The van der Waals surface area contributed by atoms with Crippen LogP contribution in [0, 0.1) is 0 Å². The number of fused-ring (bicyclic) bond motifs is 3. The van der Waals surface area contributed by atoms with Gasteiger partial charge < -0.3 is 13.3 Å². The van der Waals surface area contributed by atoms with Crippen molar-refractivity contribution in [1.29, 1.82) is 0 Å². The van der Waals surface area contributed by atoms with Crippen molar-refractivity contribution in [2.75, 3.05) is 19.8 Å². The van der Waals surface area contributed by atoms with Crippen LogP contribution < -0.4 is 0 Å². The lowest BCUT2D eigenvalue weighted by atomic mass is 9.95. The Labute approximate surface area is 163 Å². The summed E-state index contributed by atoms with van der Waals surface area (Å²) in [7, 11) is -2.57. The highest BCUT2D eigenvalue weighted by molar-refractivity contribution is 6.60. The third-order valence-electron chi connectivity index (χ3n) is 4.88. The maximum atomic E-state index is 6.00. The normalized spacial score (nSPS) is 12.1. The van der Waals surface area contributed by atoms with Crippen molar-refractivity contribution >= 4 is 30.3 Å². The van der Waals surface area contributed by atoms with E-state index in [4.69, 9.17) is 13.3 Å². The highest BCUT2D eigenvalue weighted by Crippen LogP contribution is 2.30. The predicted molar refractivity (Wildman–Crippen MR) is 115 cm³/mol. The summed E-state index contributed by atoms with van der Waals surface area (Å²) in [6, 6.07) is 20.5. The van der Waals surface area contributed by atoms with E-state index in [2.05, 4.69) is 54.6 Å². The lowest BCUT2D eigenvalue weighted by Gasteiger charge is -2.28. The Kier molecular flexibility index (Phi) is 7.02. The maximum absolute atomic E-state index is 6.00. The lowest BCUT2D eigenvalue weighted by Crippen LogP contribution is -2.46. The number of hydrogen-bond acceptors (Lipinski definition) is 3. The number of hydrogen-bond donors (Lipinski definition) is 0. The summed E-state index contributed by atoms with van der Waals surface area (Å²) < 4.78 is 18.0. The van der Waals surface area contributed by atoms with Gasteiger partial charge in [0.15, 0.2) is 0 Å². The molecule has 0 saturated heterocycles. The molecule has 0 aromatic heterocycles. The van der Waals surface area contributed by atoms with Gasteiger partial charge >= 0.3 is 8.80 Å². The molecule has 3 rings (SSSR count). The van der Waals surface area contributed by atoms with E-state index in [0.29, 0.717) is 19.8 Å². The van der Waals surface area contributed by atoms with Crippen molar-refractivity contribution in [1.82, 2.24) is 0 Å². The zero-order valence-electron chi connectivity index (χ0n) is 16.7. The molecule has 0 heterocycles. The van der Waals surface area contributed by atoms with Crippen LogP contribution in [-0.4, -0.2) is 28.6 Å². The van der Waals surface area contributed by atoms with Gasteiger partial charge in [-0.15, -0.1) is 0 Å². The molecule has 3 aromatic carbocycles. The van der Waals surface area contributed by atoms with Gasteiger partial charge in [0, 0.05) is 25.9 Å². The number of aryl methyl sites for hydroxylation is 1.